The highest BCUT2D eigenvalue weighted by Gasteiger charge is 2.49. The fraction of sp³-hybridized carbons (Fsp3) is 0.227. The monoisotopic (exact) mass is 450 g/mol. The topological polar surface area (TPSA) is 109 Å². The van der Waals surface area contributed by atoms with Gasteiger partial charge in [-0.1, -0.05) is 72.4 Å². The lowest BCUT2D eigenvalue weighted by atomic mass is 9.92. The van der Waals surface area contributed by atoms with Gasteiger partial charge in [0, 0.05) is 0 Å². The number of carbonyl (C=O) groups is 3. The number of rotatable bonds is 7. The normalized spacial score (nSPS) is 18.0. The summed E-state index contributed by atoms with van der Waals surface area (Å²) in [6.45, 7) is 4.03. The molecule has 1 aromatic heterocycles. The van der Waals surface area contributed by atoms with Crippen LogP contribution in [0.2, 0.25) is 0 Å². The van der Waals surface area contributed by atoms with Crippen LogP contribution in [0.15, 0.2) is 65.8 Å². The van der Waals surface area contributed by atoms with Crippen LogP contribution in [0.4, 0.5) is 4.79 Å². The summed E-state index contributed by atoms with van der Waals surface area (Å²) < 4.78 is 1.91. The van der Waals surface area contributed by atoms with Crippen LogP contribution >= 0.6 is 11.8 Å². The number of hydrogen-bond donors (Lipinski definition) is 2. The lowest BCUT2D eigenvalue weighted by Crippen LogP contribution is -2.48. The highest BCUT2D eigenvalue weighted by molar-refractivity contribution is 7.99. The van der Waals surface area contributed by atoms with Gasteiger partial charge in [-0.25, -0.2) is 4.79 Å². The Kier molecular flexibility index (Phi) is 5.95. The molecule has 0 aliphatic carbocycles. The van der Waals surface area contributed by atoms with Gasteiger partial charge in [-0.3, -0.25) is 15.0 Å². The van der Waals surface area contributed by atoms with Crippen LogP contribution in [-0.2, 0) is 21.7 Å². The van der Waals surface area contributed by atoms with E-state index >= 15 is 0 Å². The molecule has 1 saturated heterocycles. The largest absolute Gasteiger partial charge is 0.344 e. The van der Waals surface area contributed by atoms with Gasteiger partial charge < -0.3 is 9.88 Å². The van der Waals surface area contributed by atoms with Crippen molar-refractivity contribution in [1.29, 1.82) is 0 Å². The molecule has 4 amide bonds. The van der Waals surface area contributed by atoms with Crippen molar-refractivity contribution in [3.05, 3.63) is 77.6 Å². The van der Waals surface area contributed by atoms with Crippen LogP contribution in [0.1, 0.15) is 23.9 Å². The molecule has 2 N–H and O–H groups in total. The van der Waals surface area contributed by atoms with Gasteiger partial charge in [0.15, 0.2) is 5.16 Å². The second-order valence-electron chi connectivity index (χ2n) is 7.49. The van der Waals surface area contributed by atoms with E-state index in [2.05, 4.69) is 20.9 Å². The molecule has 0 spiro atoms. The van der Waals surface area contributed by atoms with Crippen LogP contribution in [0.25, 0.3) is 0 Å². The van der Waals surface area contributed by atoms with Crippen molar-refractivity contribution in [3.8, 4) is 0 Å². The van der Waals surface area contributed by atoms with E-state index in [4.69, 9.17) is 0 Å². The molecule has 164 valence electrons. The molecule has 0 bridgehead atoms. The SMILES string of the molecule is Cc1nnc(SCC(=O)NN2C(=O)NC(C)(c3ccccc3)C2=O)n1Cc1ccccc1. The Labute approximate surface area is 189 Å². The van der Waals surface area contributed by atoms with Crippen molar-refractivity contribution in [2.45, 2.75) is 31.1 Å². The number of urea groups is 1. The third kappa shape index (κ3) is 4.22. The summed E-state index contributed by atoms with van der Waals surface area (Å²) in [7, 11) is 0. The number of hydrazine groups is 1. The maximum absolute atomic E-state index is 12.9. The average molecular weight is 451 g/mol. The highest BCUT2D eigenvalue weighted by Crippen LogP contribution is 2.27. The summed E-state index contributed by atoms with van der Waals surface area (Å²) in [5.74, 6) is -0.353. The second-order valence-corrected chi connectivity index (χ2v) is 8.43. The Balaban J connectivity index is 1.40. The molecule has 2 heterocycles. The standard InChI is InChI=1S/C22H22N6O3S/c1-15-24-25-21(27(15)13-16-9-5-3-6-10-16)32-14-18(29)26-28-19(30)22(2,23-20(28)31)17-11-7-4-8-12-17/h3-12H,13-14H2,1-2H3,(H,23,31)(H,26,29). The smallest absolute Gasteiger partial charge is 0.318 e. The van der Waals surface area contributed by atoms with E-state index in [0.29, 0.717) is 17.3 Å². The van der Waals surface area contributed by atoms with E-state index in [-0.39, 0.29) is 5.75 Å². The average Bonchev–Trinajstić information content (AvgIpc) is 3.25. The molecule has 0 saturated carbocycles. The van der Waals surface area contributed by atoms with Gasteiger partial charge >= 0.3 is 6.03 Å². The first-order chi connectivity index (χ1) is 15.4. The van der Waals surface area contributed by atoms with Crippen LogP contribution in [0.3, 0.4) is 0 Å². The molecule has 2 aromatic carbocycles. The Bertz CT molecular complexity index is 1150. The number of amides is 4. The third-order valence-electron chi connectivity index (χ3n) is 5.20. The van der Waals surface area contributed by atoms with Crippen LogP contribution in [0, 0.1) is 6.92 Å². The fourth-order valence-electron chi connectivity index (χ4n) is 3.41. The Morgan fingerprint density at radius 2 is 1.72 bits per heavy atom. The minimum atomic E-state index is -1.24. The number of thioether (sulfide) groups is 1. The van der Waals surface area contributed by atoms with Gasteiger partial charge in [-0.2, -0.15) is 5.01 Å². The van der Waals surface area contributed by atoms with Crippen LogP contribution in [0.5, 0.6) is 0 Å². The number of aryl methyl sites for hydroxylation is 1. The van der Waals surface area contributed by atoms with Crippen molar-refractivity contribution in [3.63, 3.8) is 0 Å². The Morgan fingerprint density at radius 1 is 1.06 bits per heavy atom. The van der Waals surface area contributed by atoms with Gasteiger partial charge in [-0.15, -0.1) is 10.2 Å². The van der Waals surface area contributed by atoms with E-state index < -0.39 is 23.4 Å². The molecule has 1 aliphatic heterocycles. The minimum Gasteiger partial charge on any atom is -0.318 e. The zero-order valence-corrected chi connectivity index (χ0v) is 18.4. The lowest BCUT2D eigenvalue weighted by Gasteiger charge is -2.22. The number of aromatic nitrogens is 3. The first-order valence-electron chi connectivity index (χ1n) is 9.97. The van der Waals surface area contributed by atoms with Crippen molar-refractivity contribution >= 4 is 29.6 Å². The second kappa shape index (κ2) is 8.83. The molecule has 3 aromatic rings. The Hall–Kier alpha value is -3.66. The summed E-state index contributed by atoms with van der Waals surface area (Å²) in [5, 5.41) is 12.2. The summed E-state index contributed by atoms with van der Waals surface area (Å²) >= 11 is 1.18. The zero-order valence-electron chi connectivity index (χ0n) is 17.6. The molecule has 1 fully saturated rings. The third-order valence-corrected chi connectivity index (χ3v) is 6.16. The quantitative estimate of drug-likeness (QED) is 0.422. The predicted octanol–water partition coefficient (Wildman–Crippen LogP) is 2.23. The van der Waals surface area contributed by atoms with Crippen LogP contribution < -0.4 is 10.7 Å². The minimum absolute atomic E-state index is 0.0357. The van der Waals surface area contributed by atoms with E-state index in [1.807, 2.05) is 47.9 Å². The number of imide groups is 1. The van der Waals surface area contributed by atoms with Gasteiger partial charge in [0.25, 0.3) is 5.91 Å². The van der Waals surface area contributed by atoms with Crippen molar-refractivity contribution in [2.75, 3.05) is 5.75 Å². The summed E-state index contributed by atoms with van der Waals surface area (Å²) in [6.07, 6.45) is 0. The number of carbonyl (C=O) groups excluding carboxylic acids is 3. The number of nitrogens with zero attached hydrogens (tertiary/aromatic N) is 4. The molecule has 4 rings (SSSR count). The molecular formula is C22H22N6O3S. The lowest BCUT2D eigenvalue weighted by molar-refractivity contribution is -0.138. The van der Waals surface area contributed by atoms with E-state index in [9.17, 15) is 14.4 Å². The molecular weight excluding hydrogens is 428 g/mol. The molecule has 9 nitrogen and oxygen atoms in total. The van der Waals surface area contributed by atoms with E-state index in [1.54, 1.807) is 31.2 Å². The first-order valence-corrected chi connectivity index (χ1v) is 11.0. The highest BCUT2D eigenvalue weighted by atomic mass is 32.2. The molecule has 1 atom stereocenters. The van der Waals surface area contributed by atoms with Crippen LogP contribution in [-0.4, -0.2) is 43.4 Å². The maximum atomic E-state index is 12.9. The molecule has 1 aliphatic rings. The number of hydrogen-bond acceptors (Lipinski definition) is 6. The predicted molar refractivity (Wildman–Crippen MR) is 118 cm³/mol. The summed E-state index contributed by atoms with van der Waals surface area (Å²) in [4.78, 5) is 37.8. The number of benzene rings is 2. The van der Waals surface area contributed by atoms with E-state index in [1.165, 1.54) is 11.8 Å². The molecule has 1 unspecified atom stereocenters. The summed E-state index contributed by atoms with van der Waals surface area (Å²) in [5.41, 5.74) is 2.88. The van der Waals surface area contributed by atoms with E-state index in [0.717, 1.165) is 16.4 Å². The summed E-state index contributed by atoms with van der Waals surface area (Å²) in [6, 6.07) is 18.1. The molecule has 10 heteroatoms. The zero-order chi connectivity index (χ0) is 22.7. The van der Waals surface area contributed by atoms with Crippen molar-refractivity contribution in [1.82, 2.24) is 30.5 Å². The van der Waals surface area contributed by atoms with Gasteiger partial charge in [-0.05, 0) is 25.0 Å². The van der Waals surface area contributed by atoms with Crippen molar-refractivity contribution in [2.24, 2.45) is 0 Å². The van der Waals surface area contributed by atoms with Gasteiger partial charge in [0.1, 0.15) is 11.4 Å². The fourth-order valence-corrected chi connectivity index (χ4v) is 4.19. The maximum Gasteiger partial charge on any atom is 0.344 e. The molecule has 0 radical (unpaired) electrons. The molecule has 32 heavy (non-hydrogen) atoms. The van der Waals surface area contributed by atoms with Crippen molar-refractivity contribution < 1.29 is 14.4 Å². The van der Waals surface area contributed by atoms with Gasteiger partial charge in [0.2, 0.25) is 5.91 Å². The Morgan fingerprint density at radius 3 is 2.41 bits per heavy atom. The number of nitrogens with one attached hydrogen (secondary N) is 2. The first kappa shape index (κ1) is 21.6. The van der Waals surface area contributed by atoms with Gasteiger partial charge in [0.05, 0.1) is 12.3 Å².